The number of aromatic nitrogens is 2. The average molecular weight is 520 g/mol. The van der Waals surface area contributed by atoms with Crippen LogP contribution in [0.15, 0.2) is 52.4 Å². The van der Waals surface area contributed by atoms with E-state index in [1.165, 1.54) is 22.2 Å². The number of benzene rings is 2. The third-order valence-corrected chi connectivity index (χ3v) is 8.68. The topological polar surface area (TPSA) is 73.2 Å². The van der Waals surface area contributed by atoms with Gasteiger partial charge in [-0.3, -0.25) is 14.2 Å². The minimum absolute atomic E-state index is 0.0386. The lowest BCUT2D eigenvalue weighted by molar-refractivity contribution is -0.118. The molecule has 1 aliphatic carbocycles. The van der Waals surface area contributed by atoms with Gasteiger partial charge in [0.1, 0.15) is 10.6 Å². The van der Waals surface area contributed by atoms with Crippen molar-refractivity contribution in [2.75, 3.05) is 12.9 Å². The lowest BCUT2D eigenvalue weighted by Crippen LogP contribution is -2.26. The van der Waals surface area contributed by atoms with Gasteiger partial charge in [-0.15, -0.1) is 11.3 Å². The van der Waals surface area contributed by atoms with Gasteiger partial charge in [-0.05, 0) is 62.8 Å². The van der Waals surface area contributed by atoms with E-state index in [9.17, 15) is 9.59 Å². The van der Waals surface area contributed by atoms with Gasteiger partial charge in [-0.2, -0.15) is 0 Å². The highest BCUT2D eigenvalue weighted by atomic mass is 32.2. The Balaban J connectivity index is 1.47. The number of methoxy groups -OCH3 is 1. The minimum atomic E-state index is -0.127. The molecule has 0 spiro atoms. The van der Waals surface area contributed by atoms with Crippen LogP contribution in [0.2, 0.25) is 0 Å². The van der Waals surface area contributed by atoms with E-state index < -0.39 is 0 Å². The molecule has 0 radical (unpaired) electrons. The van der Waals surface area contributed by atoms with Crippen molar-refractivity contribution in [1.82, 2.24) is 14.9 Å². The van der Waals surface area contributed by atoms with Crippen LogP contribution >= 0.6 is 23.1 Å². The van der Waals surface area contributed by atoms with Crippen LogP contribution in [-0.4, -0.2) is 28.3 Å². The second kappa shape index (κ2) is 10.5. The van der Waals surface area contributed by atoms with Crippen molar-refractivity contribution in [2.24, 2.45) is 0 Å². The van der Waals surface area contributed by atoms with E-state index in [0.29, 0.717) is 11.7 Å². The molecular weight excluding hydrogens is 490 g/mol. The molecule has 8 heteroatoms. The summed E-state index contributed by atoms with van der Waals surface area (Å²) in [6, 6.07) is 13.7. The monoisotopic (exact) mass is 519 g/mol. The summed E-state index contributed by atoms with van der Waals surface area (Å²) in [7, 11) is 1.62. The van der Waals surface area contributed by atoms with Crippen molar-refractivity contribution in [3.8, 4) is 11.4 Å². The van der Waals surface area contributed by atoms with Crippen LogP contribution in [0.1, 0.15) is 40.0 Å². The summed E-state index contributed by atoms with van der Waals surface area (Å²) in [5.41, 5.74) is 4.99. The first kappa shape index (κ1) is 24.6. The highest BCUT2D eigenvalue weighted by Crippen LogP contribution is 2.35. The predicted octanol–water partition coefficient (Wildman–Crippen LogP) is 5.36. The van der Waals surface area contributed by atoms with E-state index in [2.05, 4.69) is 11.4 Å². The Kier molecular flexibility index (Phi) is 7.16. The molecule has 5 rings (SSSR count). The Morgan fingerprint density at radius 2 is 1.97 bits per heavy atom. The molecule has 1 amide bonds. The van der Waals surface area contributed by atoms with Crippen LogP contribution in [0.3, 0.4) is 0 Å². The Bertz CT molecular complexity index is 1510. The number of ether oxygens (including phenoxy) is 1. The number of thiophene rings is 1. The molecule has 2 heterocycles. The summed E-state index contributed by atoms with van der Waals surface area (Å²) in [6.07, 6.45) is 4.19. The molecule has 4 aromatic rings. The molecule has 0 aliphatic heterocycles. The number of nitrogens with zero attached hydrogens (tertiary/aromatic N) is 2. The zero-order chi connectivity index (χ0) is 25.2. The molecule has 2 aromatic heterocycles. The van der Waals surface area contributed by atoms with Gasteiger partial charge in [0.15, 0.2) is 5.16 Å². The first-order valence-corrected chi connectivity index (χ1v) is 13.9. The number of fused-ring (bicyclic) bond motifs is 3. The zero-order valence-corrected chi connectivity index (χ0v) is 22.4. The van der Waals surface area contributed by atoms with E-state index in [0.717, 1.165) is 64.0 Å². The van der Waals surface area contributed by atoms with Crippen LogP contribution in [0.5, 0.6) is 5.75 Å². The van der Waals surface area contributed by atoms with Crippen LogP contribution in [0.4, 0.5) is 0 Å². The number of carbonyl (C=O) groups excluding carboxylic acids is 1. The molecule has 2 aromatic carbocycles. The van der Waals surface area contributed by atoms with E-state index >= 15 is 0 Å². The summed E-state index contributed by atoms with van der Waals surface area (Å²) in [4.78, 5) is 33.7. The number of hydrogen-bond acceptors (Lipinski definition) is 6. The first-order chi connectivity index (χ1) is 17.5. The van der Waals surface area contributed by atoms with Gasteiger partial charge >= 0.3 is 0 Å². The van der Waals surface area contributed by atoms with Crippen LogP contribution in [-0.2, 0) is 24.2 Å². The van der Waals surface area contributed by atoms with Gasteiger partial charge in [0, 0.05) is 17.0 Å². The normalized spacial score (nSPS) is 13.0. The van der Waals surface area contributed by atoms with Gasteiger partial charge in [0.25, 0.3) is 5.56 Å². The maximum atomic E-state index is 13.9. The van der Waals surface area contributed by atoms with Crippen LogP contribution in [0, 0.1) is 13.8 Å². The van der Waals surface area contributed by atoms with Crippen molar-refractivity contribution >= 4 is 39.2 Å². The van der Waals surface area contributed by atoms with Gasteiger partial charge in [0.2, 0.25) is 5.91 Å². The van der Waals surface area contributed by atoms with Gasteiger partial charge < -0.3 is 10.1 Å². The number of aryl methyl sites for hydroxylation is 4. The third kappa shape index (κ3) is 4.80. The fourth-order valence-electron chi connectivity index (χ4n) is 4.78. The Morgan fingerprint density at radius 1 is 1.17 bits per heavy atom. The second-order valence-corrected chi connectivity index (χ2v) is 11.1. The number of rotatable bonds is 7. The van der Waals surface area contributed by atoms with Gasteiger partial charge in [-0.1, -0.05) is 47.7 Å². The van der Waals surface area contributed by atoms with Crippen molar-refractivity contribution in [1.29, 1.82) is 0 Å². The lowest BCUT2D eigenvalue weighted by atomic mass is 9.97. The van der Waals surface area contributed by atoms with Crippen LogP contribution < -0.4 is 15.6 Å². The van der Waals surface area contributed by atoms with Crippen molar-refractivity contribution in [2.45, 2.75) is 51.2 Å². The summed E-state index contributed by atoms with van der Waals surface area (Å²) in [5, 5.41) is 4.26. The molecule has 0 fully saturated rings. The molecule has 36 heavy (non-hydrogen) atoms. The molecule has 186 valence electrons. The second-order valence-electron chi connectivity index (χ2n) is 9.09. The quantitative estimate of drug-likeness (QED) is 0.263. The van der Waals surface area contributed by atoms with Crippen molar-refractivity contribution < 1.29 is 9.53 Å². The molecule has 0 saturated carbocycles. The third-order valence-electron chi connectivity index (χ3n) is 6.55. The van der Waals surface area contributed by atoms with E-state index in [4.69, 9.17) is 9.72 Å². The fourth-order valence-corrected chi connectivity index (χ4v) is 6.91. The van der Waals surface area contributed by atoms with Crippen molar-refractivity contribution in [3.63, 3.8) is 0 Å². The highest BCUT2D eigenvalue weighted by molar-refractivity contribution is 7.99. The molecule has 6 nitrogen and oxygen atoms in total. The number of carbonyl (C=O) groups is 1. The molecular formula is C28H29N3O3S2. The number of nitrogens with one attached hydrogen (secondary N) is 1. The SMILES string of the molecule is COc1ccccc1CNC(=O)CSc1nc2sc3c(c2c(=O)n1-c1ccc(C)cc1C)CCCC3. The summed E-state index contributed by atoms with van der Waals surface area (Å²) >= 11 is 2.93. The number of amides is 1. The molecule has 0 saturated heterocycles. The average Bonchev–Trinajstić information content (AvgIpc) is 3.26. The zero-order valence-electron chi connectivity index (χ0n) is 20.7. The van der Waals surface area contributed by atoms with E-state index in [-0.39, 0.29) is 17.2 Å². The number of para-hydroxylation sites is 1. The molecule has 0 unspecified atom stereocenters. The van der Waals surface area contributed by atoms with E-state index in [1.807, 2.05) is 50.2 Å². The molecule has 1 N–H and O–H groups in total. The summed E-state index contributed by atoms with van der Waals surface area (Å²) in [6.45, 7) is 4.42. The first-order valence-electron chi connectivity index (χ1n) is 12.1. The number of thioether (sulfide) groups is 1. The van der Waals surface area contributed by atoms with E-state index in [1.54, 1.807) is 23.0 Å². The highest BCUT2D eigenvalue weighted by Gasteiger charge is 2.23. The minimum Gasteiger partial charge on any atom is -0.496 e. The lowest BCUT2D eigenvalue weighted by Gasteiger charge is -2.16. The van der Waals surface area contributed by atoms with Crippen LogP contribution in [0.25, 0.3) is 15.9 Å². The fraction of sp³-hybridized carbons (Fsp3) is 0.321. The maximum Gasteiger partial charge on any atom is 0.267 e. The Labute approximate surface area is 218 Å². The summed E-state index contributed by atoms with van der Waals surface area (Å²) in [5.74, 6) is 0.768. The Hall–Kier alpha value is -3.10. The van der Waals surface area contributed by atoms with Crippen molar-refractivity contribution in [3.05, 3.63) is 79.9 Å². The molecule has 0 atom stereocenters. The largest absolute Gasteiger partial charge is 0.496 e. The molecule has 1 aliphatic rings. The Morgan fingerprint density at radius 3 is 2.78 bits per heavy atom. The molecule has 0 bridgehead atoms. The summed E-state index contributed by atoms with van der Waals surface area (Å²) < 4.78 is 7.08. The predicted molar refractivity (Wildman–Crippen MR) is 147 cm³/mol. The maximum absolute atomic E-state index is 13.9. The van der Waals surface area contributed by atoms with Gasteiger partial charge in [0.05, 0.1) is 23.9 Å². The van der Waals surface area contributed by atoms with Gasteiger partial charge in [-0.25, -0.2) is 4.98 Å². The smallest absolute Gasteiger partial charge is 0.267 e. The number of hydrogen-bond donors (Lipinski definition) is 1. The standard InChI is InChI=1S/C28H29N3O3S2/c1-17-12-13-21(18(2)14-17)31-27(33)25-20-9-5-7-11-23(20)36-26(25)30-28(31)35-16-24(32)29-15-19-8-4-6-10-22(19)34-3/h4,6,8,10,12-14H,5,7,9,11,15-16H2,1-3H3,(H,29,32).